The summed E-state index contributed by atoms with van der Waals surface area (Å²) < 4.78 is 0. The highest BCUT2D eigenvalue weighted by Gasteiger charge is 2.31. The van der Waals surface area contributed by atoms with Gasteiger partial charge in [0.05, 0.1) is 0 Å². The average molecular weight is 226 g/mol. The zero-order chi connectivity index (χ0) is 12.0. The van der Waals surface area contributed by atoms with E-state index in [1.165, 1.54) is 31.3 Å². The summed E-state index contributed by atoms with van der Waals surface area (Å²) in [4.78, 5) is 0. The lowest BCUT2D eigenvalue weighted by atomic mass is 9.91. The Balaban J connectivity index is 2.03. The zero-order valence-electron chi connectivity index (χ0n) is 10.1. The molecule has 0 saturated heterocycles. The molecule has 0 aliphatic heterocycles. The lowest BCUT2D eigenvalue weighted by Crippen LogP contribution is -1.95. The summed E-state index contributed by atoms with van der Waals surface area (Å²) in [6.45, 7) is 8.37. The molecule has 0 aromatic heterocycles. The van der Waals surface area contributed by atoms with Gasteiger partial charge in [-0.25, -0.2) is 0 Å². The molecule has 1 N–H and O–H groups in total. The van der Waals surface area contributed by atoms with Gasteiger partial charge < -0.3 is 5.11 Å². The minimum atomic E-state index is 0.362. The molecule has 1 heteroatoms. The fourth-order valence-corrected chi connectivity index (χ4v) is 2.43. The number of allylic oxidation sites excluding steroid dienone is 2. The highest BCUT2D eigenvalue weighted by Crippen LogP contribution is 2.48. The summed E-state index contributed by atoms with van der Waals surface area (Å²) in [7, 11) is 0. The van der Waals surface area contributed by atoms with Crippen LogP contribution in [-0.2, 0) is 0 Å². The Bertz CT molecular complexity index is 490. The molecule has 88 valence electrons. The van der Waals surface area contributed by atoms with Gasteiger partial charge in [-0.1, -0.05) is 25.3 Å². The van der Waals surface area contributed by atoms with Crippen molar-refractivity contribution < 1.29 is 5.11 Å². The Kier molecular flexibility index (Phi) is 2.36. The van der Waals surface area contributed by atoms with Gasteiger partial charge in [-0.3, -0.25) is 0 Å². The molecule has 0 heterocycles. The van der Waals surface area contributed by atoms with Crippen LogP contribution in [0.1, 0.15) is 36.8 Å². The van der Waals surface area contributed by atoms with Gasteiger partial charge in [0.2, 0.25) is 0 Å². The Labute approximate surface area is 102 Å². The third-order valence-electron chi connectivity index (χ3n) is 3.85. The van der Waals surface area contributed by atoms with Crippen LogP contribution in [-0.4, -0.2) is 5.11 Å². The number of aromatic hydroxyl groups is 1. The Hall–Kier alpha value is -1.50. The smallest absolute Gasteiger partial charge is 0.123 e. The molecule has 1 aromatic rings. The summed E-state index contributed by atoms with van der Waals surface area (Å²) >= 11 is 0. The van der Waals surface area contributed by atoms with Crippen molar-refractivity contribution in [2.75, 3.05) is 0 Å². The first kappa shape index (κ1) is 10.6. The third-order valence-corrected chi connectivity index (χ3v) is 3.85. The second-order valence-corrected chi connectivity index (χ2v) is 5.30. The summed E-state index contributed by atoms with van der Waals surface area (Å²) in [5.74, 6) is 1.57. The number of hydrogen-bond acceptors (Lipinski definition) is 1. The molecule has 2 aliphatic rings. The van der Waals surface area contributed by atoms with E-state index in [1.807, 2.05) is 6.07 Å². The van der Waals surface area contributed by atoms with E-state index < -0.39 is 0 Å². The number of phenolic OH excluding ortho intramolecular Hbond substituents is 1. The molecule has 0 radical (unpaired) electrons. The normalized spacial score (nSPS) is 19.1. The Morgan fingerprint density at radius 3 is 2.18 bits per heavy atom. The van der Waals surface area contributed by atoms with Gasteiger partial charge in [0.15, 0.2) is 0 Å². The van der Waals surface area contributed by atoms with E-state index in [2.05, 4.69) is 19.2 Å². The minimum absolute atomic E-state index is 0.362. The largest absolute Gasteiger partial charge is 0.507 e. The van der Waals surface area contributed by atoms with Crippen molar-refractivity contribution in [3.8, 4) is 5.75 Å². The molecule has 2 saturated carbocycles. The van der Waals surface area contributed by atoms with Gasteiger partial charge in [-0.05, 0) is 60.3 Å². The molecule has 0 unspecified atom stereocenters. The molecule has 2 fully saturated rings. The van der Waals surface area contributed by atoms with Crippen molar-refractivity contribution in [1.82, 2.24) is 0 Å². The highest BCUT2D eigenvalue weighted by molar-refractivity contribution is 5.84. The molecular formula is C16H18O. The summed E-state index contributed by atoms with van der Waals surface area (Å²) in [6, 6.07) is 5.73. The van der Waals surface area contributed by atoms with Crippen molar-refractivity contribution in [2.45, 2.75) is 25.7 Å². The fourth-order valence-electron chi connectivity index (χ4n) is 2.43. The topological polar surface area (TPSA) is 20.2 Å². The Morgan fingerprint density at radius 1 is 1.00 bits per heavy atom. The summed E-state index contributed by atoms with van der Waals surface area (Å²) in [5.41, 5.74) is 4.34. The number of phenols is 1. The van der Waals surface area contributed by atoms with Crippen molar-refractivity contribution >= 4 is 11.1 Å². The maximum atomic E-state index is 10.1. The first-order chi connectivity index (χ1) is 8.18. The fraction of sp³-hybridized carbons (Fsp3) is 0.375. The van der Waals surface area contributed by atoms with E-state index in [1.54, 1.807) is 6.07 Å². The van der Waals surface area contributed by atoms with Gasteiger partial charge in [0.1, 0.15) is 5.75 Å². The molecule has 0 spiro atoms. The van der Waals surface area contributed by atoms with E-state index in [-0.39, 0.29) is 0 Å². The van der Waals surface area contributed by atoms with E-state index in [0.717, 1.165) is 16.7 Å². The van der Waals surface area contributed by atoms with Crippen LogP contribution in [0.5, 0.6) is 5.75 Å². The van der Waals surface area contributed by atoms with E-state index in [0.29, 0.717) is 17.6 Å². The molecule has 0 atom stereocenters. The molecular weight excluding hydrogens is 208 g/mol. The van der Waals surface area contributed by atoms with Gasteiger partial charge in [-0.15, -0.1) is 0 Å². The van der Waals surface area contributed by atoms with Crippen molar-refractivity contribution in [3.63, 3.8) is 0 Å². The second-order valence-electron chi connectivity index (χ2n) is 5.30. The molecule has 0 bridgehead atoms. The zero-order valence-corrected chi connectivity index (χ0v) is 10.1. The monoisotopic (exact) mass is 226 g/mol. The predicted octanol–water partition coefficient (Wildman–Crippen LogP) is 4.24. The van der Waals surface area contributed by atoms with Crippen LogP contribution in [0.4, 0.5) is 0 Å². The second kappa shape index (κ2) is 3.76. The molecule has 17 heavy (non-hydrogen) atoms. The van der Waals surface area contributed by atoms with Crippen molar-refractivity contribution in [1.29, 1.82) is 0 Å². The molecule has 2 aliphatic carbocycles. The van der Waals surface area contributed by atoms with Crippen LogP contribution in [0.25, 0.3) is 11.1 Å². The van der Waals surface area contributed by atoms with Gasteiger partial charge in [0.25, 0.3) is 0 Å². The minimum Gasteiger partial charge on any atom is -0.507 e. The quantitative estimate of drug-likeness (QED) is 0.814. The first-order valence-electron chi connectivity index (χ1n) is 6.39. The summed E-state index contributed by atoms with van der Waals surface area (Å²) in [6.07, 6.45) is 4.90. The van der Waals surface area contributed by atoms with Crippen LogP contribution >= 0.6 is 0 Å². The van der Waals surface area contributed by atoms with Crippen LogP contribution in [0.3, 0.4) is 0 Å². The first-order valence-corrected chi connectivity index (χ1v) is 6.39. The van der Waals surface area contributed by atoms with Crippen LogP contribution in [0, 0.1) is 11.8 Å². The van der Waals surface area contributed by atoms with Crippen molar-refractivity contribution in [2.24, 2.45) is 11.8 Å². The van der Waals surface area contributed by atoms with E-state index in [4.69, 9.17) is 0 Å². The number of hydrogen-bond donors (Lipinski definition) is 1. The average Bonchev–Trinajstić information content (AvgIpc) is 3.19. The number of rotatable bonds is 4. The van der Waals surface area contributed by atoms with Crippen molar-refractivity contribution in [3.05, 3.63) is 42.5 Å². The van der Waals surface area contributed by atoms with Crippen LogP contribution in [0.2, 0.25) is 0 Å². The highest BCUT2D eigenvalue weighted by atomic mass is 16.3. The van der Waals surface area contributed by atoms with Crippen LogP contribution < -0.4 is 0 Å². The molecule has 1 nitrogen and oxygen atoms in total. The molecule has 0 amide bonds. The molecule has 1 aromatic carbocycles. The lowest BCUT2D eigenvalue weighted by molar-refractivity contribution is 0.473. The third kappa shape index (κ3) is 1.90. The maximum absolute atomic E-state index is 10.1. The van der Waals surface area contributed by atoms with Gasteiger partial charge in [-0.2, -0.15) is 0 Å². The summed E-state index contributed by atoms with van der Waals surface area (Å²) in [5, 5.41) is 10.1. The number of benzene rings is 1. The standard InChI is InChI=1S/C16H18O/c1-10(12-6-7-12)14-4-3-5-15(17)16(14)11(2)13-8-9-13/h3-5,12-13,17H,1-2,6-9H2. The van der Waals surface area contributed by atoms with E-state index in [9.17, 15) is 5.11 Å². The lowest BCUT2D eigenvalue weighted by Gasteiger charge is -2.15. The maximum Gasteiger partial charge on any atom is 0.123 e. The van der Waals surface area contributed by atoms with Crippen LogP contribution in [0.15, 0.2) is 31.4 Å². The SMILES string of the molecule is C=C(c1cccc(O)c1C(=C)C1CC1)C1CC1. The van der Waals surface area contributed by atoms with E-state index >= 15 is 0 Å². The van der Waals surface area contributed by atoms with Gasteiger partial charge >= 0.3 is 0 Å². The predicted molar refractivity (Wildman–Crippen MR) is 71.6 cm³/mol. The van der Waals surface area contributed by atoms with Gasteiger partial charge in [0, 0.05) is 5.56 Å². The Morgan fingerprint density at radius 2 is 1.59 bits per heavy atom. The molecule has 3 rings (SSSR count).